The predicted octanol–water partition coefficient (Wildman–Crippen LogP) is 4.02. The Morgan fingerprint density at radius 3 is 2.48 bits per heavy atom. The van der Waals surface area contributed by atoms with Crippen LogP contribution in [-0.2, 0) is 11.3 Å². The number of nitrogens with zero attached hydrogens (tertiary/aromatic N) is 3. The van der Waals surface area contributed by atoms with Gasteiger partial charge >= 0.3 is 4.87 Å². The standard InChI is InChI=1S/C22H20N4O2S/c1-15-8-6-7-11-19(15)26-20(12-18(24-26)17-9-4-3-5-10-17)23-21(27)13-25-16(2)14-29-22(25)28/h3-12,14H,13H2,1-2H3,(H,23,27). The second-order valence-electron chi connectivity index (χ2n) is 6.76. The van der Waals surface area contributed by atoms with Crippen LogP contribution in [0.15, 0.2) is 70.8 Å². The molecule has 146 valence electrons. The lowest BCUT2D eigenvalue weighted by atomic mass is 10.1. The van der Waals surface area contributed by atoms with Crippen molar-refractivity contribution in [3.8, 4) is 16.9 Å². The van der Waals surface area contributed by atoms with Crippen molar-refractivity contribution >= 4 is 23.1 Å². The van der Waals surface area contributed by atoms with E-state index < -0.39 is 0 Å². The third-order valence-electron chi connectivity index (χ3n) is 4.67. The summed E-state index contributed by atoms with van der Waals surface area (Å²) in [5.41, 5.74) is 4.41. The Balaban J connectivity index is 1.71. The Morgan fingerprint density at radius 1 is 1.07 bits per heavy atom. The molecule has 2 aromatic heterocycles. The van der Waals surface area contributed by atoms with E-state index in [1.54, 1.807) is 10.1 Å². The summed E-state index contributed by atoms with van der Waals surface area (Å²) >= 11 is 1.09. The number of nitrogens with one attached hydrogen (secondary N) is 1. The van der Waals surface area contributed by atoms with Crippen LogP contribution in [0.1, 0.15) is 11.3 Å². The van der Waals surface area contributed by atoms with Crippen molar-refractivity contribution in [2.75, 3.05) is 5.32 Å². The molecule has 0 radical (unpaired) electrons. The molecule has 7 heteroatoms. The topological polar surface area (TPSA) is 68.9 Å². The average molecular weight is 404 g/mol. The summed E-state index contributed by atoms with van der Waals surface area (Å²) in [5, 5.41) is 9.41. The fraction of sp³-hybridized carbons (Fsp3) is 0.136. The number of amides is 1. The molecule has 0 atom stereocenters. The van der Waals surface area contributed by atoms with Gasteiger partial charge in [0, 0.05) is 22.7 Å². The van der Waals surface area contributed by atoms with Crippen LogP contribution in [0.5, 0.6) is 0 Å². The lowest BCUT2D eigenvalue weighted by Crippen LogP contribution is -2.26. The van der Waals surface area contributed by atoms with E-state index in [0.29, 0.717) is 5.82 Å². The SMILES string of the molecule is Cc1ccccc1-n1nc(-c2ccccc2)cc1NC(=O)Cn1c(C)csc1=O. The zero-order valence-electron chi connectivity index (χ0n) is 16.1. The molecule has 29 heavy (non-hydrogen) atoms. The molecule has 4 rings (SSSR count). The number of para-hydroxylation sites is 1. The monoisotopic (exact) mass is 404 g/mol. The molecule has 0 aliphatic carbocycles. The van der Waals surface area contributed by atoms with Gasteiger partial charge in [-0.2, -0.15) is 5.10 Å². The summed E-state index contributed by atoms with van der Waals surface area (Å²) in [6, 6.07) is 19.5. The number of carbonyl (C=O) groups is 1. The highest BCUT2D eigenvalue weighted by atomic mass is 32.1. The quantitative estimate of drug-likeness (QED) is 0.546. The van der Waals surface area contributed by atoms with Gasteiger partial charge in [-0.1, -0.05) is 59.9 Å². The number of hydrogen-bond donors (Lipinski definition) is 1. The first-order chi connectivity index (χ1) is 14.0. The van der Waals surface area contributed by atoms with Crippen LogP contribution >= 0.6 is 11.3 Å². The van der Waals surface area contributed by atoms with Gasteiger partial charge in [0.15, 0.2) is 0 Å². The Labute approximate surface area is 172 Å². The van der Waals surface area contributed by atoms with Gasteiger partial charge in [0.2, 0.25) is 5.91 Å². The second kappa shape index (κ2) is 7.89. The van der Waals surface area contributed by atoms with Crippen molar-refractivity contribution in [2.24, 2.45) is 0 Å². The number of rotatable bonds is 5. The van der Waals surface area contributed by atoms with E-state index in [4.69, 9.17) is 5.10 Å². The summed E-state index contributed by atoms with van der Waals surface area (Å²) in [6.45, 7) is 3.78. The molecule has 2 heterocycles. The maximum Gasteiger partial charge on any atom is 0.307 e. The summed E-state index contributed by atoms with van der Waals surface area (Å²) in [4.78, 5) is 24.5. The summed E-state index contributed by atoms with van der Waals surface area (Å²) in [7, 11) is 0. The first kappa shape index (κ1) is 18.9. The van der Waals surface area contributed by atoms with Gasteiger partial charge in [0.1, 0.15) is 12.4 Å². The highest BCUT2D eigenvalue weighted by molar-refractivity contribution is 7.07. The summed E-state index contributed by atoms with van der Waals surface area (Å²) in [6.07, 6.45) is 0. The number of aromatic nitrogens is 3. The Bertz CT molecular complexity index is 1220. The van der Waals surface area contributed by atoms with E-state index >= 15 is 0 Å². The Kier molecular flexibility index (Phi) is 5.14. The van der Waals surface area contributed by atoms with Crippen LogP contribution in [0, 0.1) is 13.8 Å². The van der Waals surface area contributed by atoms with E-state index in [1.165, 1.54) is 4.57 Å². The molecular weight excluding hydrogens is 384 g/mol. The molecule has 6 nitrogen and oxygen atoms in total. The lowest BCUT2D eigenvalue weighted by molar-refractivity contribution is -0.116. The fourth-order valence-corrected chi connectivity index (χ4v) is 3.86. The van der Waals surface area contributed by atoms with Crippen molar-refractivity contribution in [3.05, 3.63) is 87.0 Å². The molecule has 0 saturated heterocycles. The van der Waals surface area contributed by atoms with Gasteiger partial charge in [0.05, 0.1) is 11.4 Å². The molecule has 0 aliphatic rings. The van der Waals surface area contributed by atoms with Crippen molar-refractivity contribution < 1.29 is 4.79 Å². The van der Waals surface area contributed by atoms with E-state index in [9.17, 15) is 9.59 Å². The third-order valence-corrected chi connectivity index (χ3v) is 5.55. The van der Waals surface area contributed by atoms with Crippen molar-refractivity contribution in [3.63, 3.8) is 0 Å². The zero-order chi connectivity index (χ0) is 20.4. The molecular formula is C22H20N4O2S. The first-order valence-electron chi connectivity index (χ1n) is 9.19. The van der Waals surface area contributed by atoms with Gasteiger partial charge in [-0.25, -0.2) is 4.68 Å². The Morgan fingerprint density at radius 2 is 1.79 bits per heavy atom. The van der Waals surface area contributed by atoms with E-state index in [0.717, 1.165) is 39.5 Å². The lowest BCUT2D eigenvalue weighted by Gasteiger charge is -2.11. The van der Waals surface area contributed by atoms with E-state index in [-0.39, 0.29) is 17.3 Å². The average Bonchev–Trinajstić information content (AvgIpc) is 3.27. The third kappa shape index (κ3) is 3.90. The fourth-order valence-electron chi connectivity index (χ4n) is 3.13. The van der Waals surface area contributed by atoms with Gasteiger partial charge < -0.3 is 5.32 Å². The molecule has 1 amide bonds. The number of hydrogen-bond acceptors (Lipinski definition) is 4. The molecule has 0 saturated carbocycles. The maximum absolute atomic E-state index is 12.7. The van der Waals surface area contributed by atoms with Crippen LogP contribution in [0.3, 0.4) is 0 Å². The number of aryl methyl sites for hydroxylation is 2. The van der Waals surface area contributed by atoms with Crippen LogP contribution < -0.4 is 10.2 Å². The zero-order valence-corrected chi connectivity index (χ0v) is 16.9. The minimum atomic E-state index is -0.275. The smallest absolute Gasteiger partial charge is 0.307 e. The van der Waals surface area contributed by atoms with E-state index in [1.807, 2.05) is 74.5 Å². The number of thiazole rings is 1. The van der Waals surface area contributed by atoms with Gasteiger partial charge in [0.25, 0.3) is 0 Å². The number of anilines is 1. The van der Waals surface area contributed by atoms with Crippen LogP contribution in [0.25, 0.3) is 16.9 Å². The van der Waals surface area contributed by atoms with E-state index in [2.05, 4.69) is 5.32 Å². The maximum atomic E-state index is 12.7. The predicted molar refractivity (Wildman–Crippen MR) is 116 cm³/mol. The number of carbonyl (C=O) groups excluding carboxylic acids is 1. The summed E-state index contributed by atoms with van der Waals surface area (Å²) in [5.74, 6) is 0.284. The Hall–Kier alpha value is -3.45. The van der Waals surface area contributed by atoms with Crippen LogP contribution in [0.2, 0.25) is 0 Å². The molecule has 2 aromatic carbocycles. The first-order valence-corrected chi connectivity index (χ1v) is 10.1. The molecule has 4 aromatic rings. The molecule has 0 fully saturated rings. The number of benzene rings is 2. The van der Waals surface area contributed by atoms with Gasteiger partial charge in [-0.15, -0.1) is 0 Å². The van der Waals surface area contributed by atoms with Crippen molar-refractivity contribution in [1.82, 2.24) is 14.3 Å². The van der Waals surface area contributed by atoms with Crippen molar-refractivity contribution in [1.29, 1.82) is 0 Å². The normalized spacial score (nSPS) is 10.8. The largest absolute Gasteiger partial charge is 0.309 e. The molecule has 1 N–H and O–H groups in total. The van der Waals surface area contributed by atoms with Crippen LogP contribution in [-0.4, -0.2) is 20.3 Å². The minimum absolute atomic E-state index is 0.0339. The molecule has 0 bridgehead atoms. The van der Waals surface area contributed by atoms with Crippen molar-refractivity contribution in [2.45, 2.75) is 20.4 Å². The van der Waals surface area contributed by atoms with Gasteiger partial charge in [-0.05, 0) is 25.5 Å². The van der Waals surface area contributed by atoms with Crippen LogP contribution in [0.4, 0.5) is 5.82 Å². The van der Waals surface area contributed by atoms with Gasteiger partial charge in [-0.3, -0.25) is 14.2 Å². The molecule has 0 aliphatic heterocycles. The minimum Gasteiger partial charge on any atom is -0.309 e. The highest BCUT2D eigenvalue weighted by Crippen LogP contribution is 2.26. The second-order valence-corrected chi connectivity index (χ2v) is 7.58. The highest BCUT2D eigenvalue weighted by Gasteiger charge is 2.16. The summed E-state index contributed by atoms with van der Waals surface area (Å²) < 4.78 is 3.20. The molecule has 0 spiro atoms. The molecule has 0 unspecified atom stereocenters.